The summed E-state index contributed by atoms with van der Waals surface area (Å²) in [5, 5.41) is 3.30. The van der Waals surface area contributed by atoms with Gasteiger partial charge in [-0.1, -0.05) is 152 Å². The van der Waals surface area contributed by atoms with Gasteiger partial charge in [0, 0.05) is 45.3 Å². The van der Waals surface area contributed by atoms with Crippen molar-refractivity contribution >= 4 is 33.0 Å². The molecule has 0 saturated heterocycles. The summed E-state index contributed by atoms with van der Waals surface area (Å²) in [7, 11) is 0. The van der Waals surface area contributed by atoms with E-state index >= 15 is 0 Å². The van der Waals surface area contributed by atoms with Gasteiger partial charge in [0.1, 0.15) is 11.2 Å². The topological polar surface area (TPSA) is 38.9 Å². The van der Waals surface area contributed by atoms with Crippen LogP contribution >= 0.6 is 0 Å². The van der Waals surface area contributed by atoms with Crippen molar-refractivity contribution in [3.8, 4) is 44.6 Å². The van der Waals surface area contributed by atoms with E-state index in [4.69, 9.17) is 14.4 Å². The molecule has 0 aliphatic heterocycles. The Kier molecular flexibility index (Phi) is 6.10. The predicted molar refractivity (Wildman–Crippen MR) is 219 cm³/mol. The second kappa shape index (κ2) is 11.1. The molecule has 3 unspecified atom stereocenters. The van der Waals surface area contributed by atoms with Crippen molar-refractivity contribution in [2.24, 2.45) is 5.92 Å². The SMILES string of the molecule is C1=CC2c3ccccc3C3(c4ccccc4-c4c(-c5cc(-c6ccc(-c7cccc8c7oc7ccccc78)cc6)c6cccnc6n5)cccc43)C2C=C1. The number of fused-ring (bicyclic) bond motifs is 14. The summed E-state index contributed by atoms with van der Waals surface area (Å²) in [6.45, 7) is 0. The largest absolute Gasteiger partial charge is 0.455 e. The Bertz CT molecular complexity index is 3080. The Morgan fingerprint density at radius 2 is 1.20 bits per heavy atom. The zero-order chi connectivity index (χ0) is 35.4. The van der Waals surface area contributed by atoms with Crippen molar-refractivity contribution in [3.63, 3.8) is 0 Å². The number of furan rings is 1. The smallest absolute Gasteiger partial charge is 0.160 e. The molecule has 3 nitrogen and oxygen atoms in total. The van der Waals surface area contributed by atoms with Crippen LogP contribution < -0.4 is 0 Å². The summed E-state index contributed by atoms with van der Waals surface area (Å²) in [6.07, 6.45) is 11.1. The number of rotatable bonds is 3. The lowest BCUT2D eigenvalue weighted by Crippen LogP contribution is -2.32. The number of hydrogen-bond acceptors (Lipinski definition) is 3. The first-order valence-corrected chi connectivity index (χ1v) is 18.7. The van der Waals surface area contributed by atoms with Crippen LogP contribution in [-0.4, -0.2) is 9.97 Å². The van der Waals surface area contributed by atoms with Crippen molar-refractivity contribution in [1.29, 1.82) is 0 Å². The minimum Gasteiger partial charge on any atom is -0.455 e. The molecule has 9 aromatic rings. The van der Waals surface area contributed by atoms with Crippen LogP contribution in [0.1, 0.15) is 28.2 Å². The Balaban J connectivity index is 1.04. The number of hydrogen-bond donors (Lipinski definition) is 0. The van der Waals surface area contributed by atoms with Crippen molar-refractivity contribution in [1.82, 2.24) is 9.97 Å². The first-order chi connectivity index (χ1) is 26.8. The predicted octanol–water partition coefficient (Wildman–Crippen LogP) is 12.7. The fourth-order valence-electron chi connectivity index (χ4n) is 10.1. The Labute approximate surface area is 312 Å². The summed E-state index contributed by atoms with van der Waals surface area (Å²) >= 11 is 0. The monoisotopic (exact) mass is 688 g/mol. The normalized spacial score (nSPS) is 19.0. The van der Waals surface area contributed by atoms with Crippen LogP contribution in [0.3, 0.4) is 0 Å². The maximum Gasteiger partial charge on any atom is 0.160 e. The summed E-state index contributed by atoms with van der Waals surface area (Å²) in [5.74, 6) is 0.605. The number of benzene rings is 6. The first kappa shape index (κ1) is 29.7. The highest BCUT2D eigenvalue weighted by atomic mass is 16.3. The highest BCUT2D eigenvalue weighted by molar-refractivity contribution is 6.09. The van der Waals surface area contributed by atoms with E-state index in [2.05, 4.69) is 158 Å². The molecule has 0 N–H and O–H groups in total. The quantitative estimate of drug-likeness (QED) is 0.185. The van der Waals surface area contributed by atoms with Crippen LogP contribution in [0.25, 0.3) is 77.6 Å². The Hall–Kier alpha value is -6.84. The highest BCUT2D eigenvalue weighted by Gasteiger charge is 2.57. The molecular formula is C51H32N2O. The zero-order valence-corrected chi connectivity index (χ0v) is 29.3. The number of para-hydroxylation sites is 2. The van der Waals surface area contributed by atoms with Gasteiger partial charge in [0.2, 0.25) is 0 Å². The van der Waals surface area contributed by atoms with Gasteiger partial charge < -0.3 is 4.42 Å². The molecule has 3 aromatic heterocycles. The van der Waals surface area contributed by atoms with E-state index in [1.807, 2.05) is 24.4 Å². The van der Waals surface area contributed by atoms with Crippen LogP contribution in [0, 0.1) is 5.92 Å². The van der Waals surface area contributed by atoms with Crippen molar-refractivity contribution in [2.45, 2.75) is 11.3 Å². The third kappa shape index (κ3) is 3.91. The molecule has 3 atom stereocenters. The summed E-state index contributed by atoms with van der Waals surface area (Å²) in [5.41, 5.74) is 16.9. The lowest BCUT2D eigenvalue weighted by Gasteiger charge is -2.36. The minimum atomic E-state index is -0.291. The first-order valence-electron chi connectivity index (χ1n) is 18.7. The van der Waals surface area contributed by atoms with Crippen molar-refractivity contribution < 1.29 is 4.42 Å². The summed E-state index contributed by atoms with van der Waals surface area (Å²) in [4.78, 5) is 10.1. The number of allylic oxidation sites excluding steroid dienone is 4. The van der Waals surface area contributed by atoms with Crippen LogP contribution in [0.5, 0.6) is 0 Å². The van der Waals surface area contributed by atoms with E-state index in [0.717, 1.165) is 66.5 Å². The summed E-state index contributed by atoms with van der Waals surface area (Å²) < 4.78 is 6.40. The van der Waals surface area contributed by atoms with Gasteiger partial charge in [-0.25, -0.2) is 9.97 Å². The minimum absolute atomic E-state index is 0.281. The molecule has 6 aromatic carbocycles. The van der Waals surface area contributed by atoms with Gasteiger partial charge >= 0.3 is 0 Å². The van der Waals surface area contributed by atoms with E-state index < -0.39 is 0 Å². The lowest BCUT2D eigenvalue weighted by molar-refractivity contribution is 0.465. The van der Waals surface area contributed by atoms with Gasteiger partial charge in [-0.2, -0.15) is 0 Å². The molecule has 3 aliphatic rings. The van der Waals surface area contributed by atoms with Crippen LogP contribution in [0.15, 0.2) is 187 Å². The highest BCUT2D eigenvalue weighted by Crippen LogP contribution is 2.66. The van der Waals surface area contributed by atoms with Gasteiger partial charge in [0.05, 0.1) is 11.1 Å². The molecule has 3 aliphatic carbocycles. The maximum atomic E-state index is 6.40. The van der Waals surface area contributed by atoms with Gasteiger partial charge in [-0.15, -0.1) is 0 Å². The lowest BCUT2D eigenvalue weighted by atomic mass is 9.65. The standard InChI is InChI=1S/C51H32N2O/c1-5-20-42-34(12-1)35-13-2-6-21-43(35)51(42)44-22-7-3-15-39(44)48-40(18-10-23-45(48)51)46-30-41(38-19-11-29-52-50(38)53-46)32-27-25-31(26-28-32)33-16-9-17-37-36-14-4-8-24-47(36)54-49(33)37/h1-30,34,42H. The molecule has 0 fully saturated rings. The molecular weight excluding hydrogens is 657 g/mol. The van der Waals surface area contributed by atoms with E-state index in [9.17, 15) is 0 Å². The third-order valence-electron chi connectivity index (χ3n) is 12.3. The fourth-order valence-corrected chi connectivity index (χ4v) is 10.1. The molecule has 0 bridgehead atoms. The zero-order valence-electron chi connectivity index (χ0n) is 29.3. The summed E-state index contributed by atoms with van der Waals surface area (Å²) in [6, 6.07) is 55.0. The van der Waals surface area contributed by atoms with Crippen LogP contribution in [0.4, 0.5) is 0 Å². The molecule has 0 amide bonds. The van der Waals surface area contributed by atoms with Crippen molar-refractivity contribution in [2.75, 3.05) is 0 Å². The number of nitrogens with zero attached hydrogens (tertiary/aromatic N) is 2. The van der Waals surface area contributed by atoms with Crippen LogP contribution in [-0.2, 0) is 5.41 Å². The molecule has 54 heavy (non-hydrogen) atoms. The molecule has 0 radical (unpaired) electrons. The second-order valence-corrected chi connectivity index (χ2v) is 14.8. The van der Waals surface area contributed by atoms with Crippen LogP contribution in [0.2, 0.25) is 0 Å². The maximum absolute atomic E-state index is 6.40. The third-order valence-corrected chi connectivity index (χ3v) is 12.3. The van der Waals surface area contributed by atoms with E-state index in [-0.39, 0.29) is 11.3 Å². The molecule has 0 saturated carbocycles. The van der Waals surface area contributed by atoms with Crippen molar-refractivity contribution in [3.05, 3.63) is 204 Å². The molecule has 12 rings (SSSR count). The fraction of sp³-hybridized carbons (Fsp3) is 0.0588. The average molecular weight is 689 g/mol. The molecule has 1 spiro atoms. The molecule has 3 heterocycles. The van der Waals surface area contributed by atoms with E-state index in [1.165, 1.54) is 33.4 Å². The number of pyridine rings is 2. The number of aromatic nitrogens is 2. The van der Waals surface area contributed by atoms with E-state index in [0.29, 0.717) is 5.92 Å². The Morgan fingerprint density at radius 1 is 0.519 bits per heavy atom. The molecule has 3 heteroatoms. The van der Waals surface area contributed by atoms with E-state index in [1.54, 1.807) is 0 Å². The van der Waals surface area contributed by atoms with Gasteiger partial charge in [-0.3, -0.25) is 0 Å². The Morgan fingerprint density at radius 3 is 2.13 bits per heavy atom. The average Bonchev–Trinajstić information content (AvgIpc) is 3.88. The van der Waals surface area contributed by atoms with Gasteiger partial charge in [-0.05, 0) is 74.3 Å². The second-order valence-electron chi connectivity index (χ2n) is 14.8. The van der Waals surface area contributed by atoms with Gasteiger partial charge in [0.15, 0.2) is 5.65 Å². The van der Waals surface area contributed by atoms with Gasteiger partial charge in [0.25, 0.3) is 0 Å². The molecule has 252 valence electrons.